The third-order valence-corrected chi connectivity index (χ3v) is 12.1. The topological polar surface area (TPSA) is 127 Å². The van der Waals surface area contributed by atoms with Crippen molar-refractivity contribution in [2.45, 2.75) is 89.3 Å². The van der Waals surface area contributed by atoms with Crippen LogP contribution in [0.25, 0.3) is 22.2 Å². The van der Waals surface area contributed by atoms with E-state index in [1.54, 1.807) is 19.2 Å². The summed E-state index contributed by atoms with van der Waals surface area (Å²) in [5.41, 5.74) is 5.16. The molecule has 0 spiro atoms. The van der Waals surface area contributed by atoms with Crippen LogP contribution in [0.1, 0.15) is 92.1 Å². The van der Waals surface area contributed by atoms with Gasteiger partial charge in [0, 0.05) is 66.2 Å². The lowest BCUT2D eigenvalue weighted by Gasteiger charge is -2.37. The van der Waals surface area contributed by atoms with Crippen molar-refractivity contribution in [2.24, 2.45) is 16.5 Å². The Morgan fingerprint density at radius 2 is 1.85 bits per heavy atom. The minimum atomic E-state index is -4.23. The Morgan fingerprint density at radius 1 is 1.06 bits per heavy atom. The number of benzene rings is 2. The Labute approximate surface area is 276 Å². The van der Waals surface area contributed by atoms with E-state index in [0.29, 0.717) is 24.4 Å². The van der Waals surface area contributed by atoms with E-state index in [1.807, 2.05) is 16.9 Å². The minimum Gasteiger partial charge on any atom is -0.497 e. The summed E-state index contributed by atoms with van der Waals surface area (Å²) in [4.78, 5) is 32.7. The summed E-state index contributed by atoms with van der Waals surface area (Å²) in [7, 11) is -2.54. The van der Waals surface area contributed by atoms with Gasteiger partial charge in [-0.25, -0.2) is 9.86 Å². The minimum absolute atomic E-state index is 0.0639. The Kier molecular flexibility index (Phi) is 7.27. The Morgan fingerprint density at radius 3 is 2.53 bits per heavy atom. The zero-order valence-corrected chi connectivity index (χ0v) is 28.3. The number of nitrogens with two attached hydrogens (primary N) is 1. The highest BCUT2D eigenvalue weighted by Crippen LogP contribution is 2.66. The van der Waals surface area contributed by atoms with Crippen molar-refractivity contribution in [1.29, 1.82) is 0 Å². The number of hydrogen-bond donors (Lipinski definition) is 2. The number of carbonyl (C=O) groups is 2. The van der Waals surface area contributed by atoms with Gasteiger partial charge < -0.3 is 14.2 Å². The number of ether oxygens (including phenoxy) is 1. The van der Waals surface area contributed by atoms with Gasteiger partial charge in [0.05, 0.1) is 18.2 Å². The molecule has 2 bridgehead atoms. The standard InChI is InChI=1S/C36H45N5O5S/c1-21(2)17-39-18-25-14-24(39)19-40(25)35(43)36-16-30(36)29-15-26(46-3)10-12-27(29)33-32(22-7-5-4-6-8-22)28-11-9-23(13-31(28)41(33)20-36)34(42)38-47(37,44)45/h9-13,15,21-22,24-25,30H,4-8,14,16-20H2,1-3H3,(H,38,42)(H2,37,44,45)/t24-,25+,30?,36?/m0/s1. The van der Waals surface area contributed by atoms with Crippen LogP contribution >= 0.6 is 0 Å². The van der Waals surface area contributed by atoms with Crippen molar-refractivity contribution in [3.8, 4) is 17.0 Å². The number of fused-ring (bicyclic) bond motifs is 9. The van der Waals surface area contributed by atoms with Crippen LogP contribution in [0.2, 0.25) is 0 Å². The van der Waals surface area contributed by atoms with Crippen LogP contribution in [0, 0.1) is 11.3 Å². The van der Waals surface area contributed by atoms with Crippen molar-refractivity contribution in [1.82, 2.24) is 19.1 Å². The molecule has 3 N–H and O–H groups in total. The van der Waals surface area contributed by atoms with Gasteiger partial charge >= 0.3 is 0 Å². The number of nitrogens with zero attached hydrogens (tertiary/aromatic N) is 3. The first-order chi connectivity index (χ1) is 22.5. The highest BCUT2D eigenvalue weighted by atomic mass is 32.2. The van der Waals surface area contributed by atoms with E-state index < -0.39 is 21.5 Å². The molecule has 11 heteroatoms. The largest absolute Gasteiger partial charge is 0.497 e. The van der Waals surface area contributed by atoms with Gasteiger partial charge in [-0.05, 0) is 79.0 Å². The molecule has 8 rings (SSSR count). The van der Waals surface area contributed by atoms with E-state index in [0.717, 1.165) is 91.6 Å². The average molecular weight is 660 g/mol. The molecule has 10 nitrogen and oxygen atoms in total. The highest BCUT2D eigenvalue weighted by molar-refractivity contribution is 7.87. The Hall–Kier alpha value is -3.41. The average Bonchev–Trinajstić information content (AvgIpc) is 3.27. The predicted molar refractivity (Wildman–Crippen MR) is 180 cm³/mol. The number of methoxy groups -OCH3 is 1. The zero-order chi connectivity index (χ0) is 32.8. The van der Waals surface area contributed by atoms with Crippen LogP contribution in [-0.4, -0.2) is 73.4 Å². The molecule has 3 aromatic rings. The fourth-order valence-corrected chi connectivity index (χ4v) is 9.96. The van der Waals surface area contributed by atoms with Gasteiger partial charge in [0.25, 0.3) is 16.1 Å². The van der Waals surface area contributed by atoms with Crippen molar-refractivity contribution in [3.63, 3.8) is 0 Å². The summed E-state index contributed by atoms with van der Waals surface area (Å²) in [6.07, 6.45) is 7.52. The summed E-state index contributed by atoms with van der Waals surface area (Å²) < 4.78 is 33.5. The number of aromatic nitrogens is 1. The molecular formula is C36H45N5O5S. The highest BCUT2D eigenvalue weighted by Gasteiger charge is 2.65. The quantitative estimate of drug-likeness (QED) is 0.378. The first-order valence-electron chi connectivity index (χ1n) is 17.2. The van der Waals surface area contributed by atoms with Gasteiger partial charge in [-0.1, -0.05) is 39.2 Å². The molecule has 2 amide bonds. The Bertz CT molecular complexity index is 1900. The summed E-state index contributed by atoms with van der Waals surface area (Å²) in [6, 6.07) is 12.4. The number of carbonyl (C=O) groups excluding carboxylic acids is 2. The molecule has 4 heterocycles. The molecule has 4 atom stereocenters. The maximum absolute atomic E-state index is 14.9. The lowest BCUT2D eigenvalue weighted by molar-refractivity contribution is -0.140. The van der Waals surface area contributed by atoms with Crippen molar-refractivity contribution >= 4 is 32.9 Å². The molecule has 3 aliphatic heterocycles. The number of nitrogens with one attached hydrogen (secondary N) is 1. The molecule has 0 radical (unpaired) electrons. The summed E-state index contributed by atoms with van der Waals surface area (Å²) in [5.74, 6) is 1.27. The molecule has 1 aromatic heterocycles. The number of piperazine rings is 1. The molecule has 2 unspecified atom stereocenters. The Balaban J connectivity index is 1.28. The summed E-state index contributed by atoms with van der Waals surface area (Å²) >= 11 is 0. The second-order valence-corrected chi connectivity index (χ2v) is 16.4. The SMILES string of the molecule is COc1ccc2c(c1)C1CC1(C(=O)N1C[C@@H]3C[C@@H]1CN3CC(C)C)Cn1c-2c(C2CCCCC2)c2ccc(C(=O)NS(N)(=O)=O)cc21. The van der Waals surface area contributed by atoms with Crippen molar-refractivity contribution < 1.29 is 22.7 Å². The van der Waals surface area contributed by atoms with Crippen LogP contribution in [0.4, 0.5) is 0 Å². The second-order valence-electron chi connectivity index (χ2n) is 15.1. The van der Waals surface area contributed by atoms with E-state index in [2.05, 4.69) is 40.3 Å². The van der Waals surface area contributed by atoms with E-state index in [1.165, 1.54) is 12.0 Å². The normalized spacial score (nSPS) is 27.0. The molecule has 2 aliphatic carbocycles. The first kappa shape index (κ1) is 30.9. The van der Waals surface area contributed by atoms with Gasteiger partial charge in [0.15, 0.2) is 0 Å². The first-order valence-corrected chi connectivity index (χ1v) is 18.8. The van der Waals surface area contributed by atoms with Crippen LogP contribution < -0.4 is 14.6 Å². The molecular weight excluding hydrogens is 614 g/mol. The molecule has 47 heavy (non-hydrogen) atoms. The van der Waals surface area contributed by atoms with E-state index in [4.69, 9.17) is 9.88 Å². The zero-order valence-electron chi connectivity index (χ0n) is 27.5. The van der Waals surface area contributed by atoms with Gasteiger partial charge in [-0.2, -0.15) is 8.42 Å². The lowest BCUT2D eigenvalue weighted by atomic mass is 9.81. The van der Waals surface area contributed by atoms with Crippen molar-refractivity contribution in [2.75, 3.05) is 26.7 Å². The molecule has 2 aromatic carbocycles. The maximum atomic E-state index is 14.9. The fraction of sp³-hybridized carbons (Fsp3) is 0.556. The number of hydrogen-bond acceptors (Lipinski definition) is 6. The fourth-order valence-electron chi connectivity index (χ4n) is 9.59. The summed E-state index contributed by atoms with van der Waals surface area (Å²) in [6.45, 7) is 7.80. The molecule has 250 valence electrons. The van der Waals surface area contributed by atoms with Gasteiger partial charge in [-0.3, -0.25) is 14.5 Å². The molecule has 4 fully saturated rings. The molecule has 2 saturated carbocycles. The number of likely N-dealkylation sites (tertiary alicyclic amines) is 2. The van der Waals surface area contributed by atoms with E-state index >= 15 is 0 Å². The van der Waals surface area contributed by atoms with E-state index in [9.17, 15) is 18.0 Å². The molecule has 2 saturated heterocycles. The van der Waals surface area contributed by atoms with E-state index in [-0.39, 0.29) is 23.4 Å². The number of amides is 2. The third kappa shape index (κ3) is 5.07. The van der Waals surface area contributed by atoms with Gasteiger partial charge in [-0.15, -0.1) is 0 Å². The van der Waals surface area contributed by atoms with Crippen molar-refractivity contribution in [3.05, 3.63) is 53.1 Å². The summed E-state index contributed by atoms with van der Waals surface area (Å²) in [5, 5.41) is 6.23. The van der Waals surface area contributed by atoms with Crippen LogP contribution in [0.5, 0.6) is 5.75 Å². The van der Waals surface area contributed by atoms with Gasteiger partial charge in [0.2, 0.25) is 5.91 Å². The third-order valence-electron chi connectivity index (χ3n) is 11.7. The van der Waals surface area contributed by atoms with Crippen LogP contribution in [0.15, 0.2) is 36.4 Å². The molecule has 5 aliphatic rings. The maximum Gasteiger partial charge on any atom is 0.298 e. The monoisotopic (exact) mass is 659 g/mol. The predicted octanol–water partition coefficient (Wildman–Crippen LogP) is 4.73. The van der Waals surface area contributed by atoms with Gasteiger partial charge in [0.1, 0.15) is 5.75 Å². The lowest BCUT2D eigenvalue weighted by Crippen LogP contribution is -2.52. The number of rotatable bonds is 7. The van der Waals surface area contributed by atoms with Crippen LogP contribution in [0.3, 0.4) is 0 Å². The van der Waals surface area contributed by atoms with Crippen LogP contribution in [-0.2, 0) is 21.5 Å². The second kappa shape index (κ2) is 11.1. The smallest absolute Gasteiger partial charge is 0.298 e.